The molecule has 132 valence electrons. The fourth-order valence-corrected chi connectivity index (χ4v) is 3.66. The molecular formula is C18H27FN4O. The Balaban J connectivity index is 1.42. The van der Waals surface area contributed by atoms with Gasteiger partial charge in [0.2, 0.25) is 0 Å². The number of piperazine rings is 1. The molecule has 2 saturated heterocycles. The average molecular weight is 334 g/mol. The van der Waals surface area contributed by atoms with Crippen LogP contribution in [0.2, 0.25) is 0 Å². The highest BCUT2D eigenvalue weighted by atomic mass is 19.1. The summed E-state index contributed by atoms with van der Waals surface area (Å²) in [5, 5.41) is 2.84. The van der Waals surface area contributed by atoms with Crippen LogP contribution in [0, 0.1) is 11.7 Å². The first-order valence-electron chi connectivity index (χ1n) is 8.82. The predicted octanol–water partition coefficient (Wildman–Crippen LogP) is 2.32. The quantitative estimate of drug-likeness (QED) is 0.922. The molecule has 2 amide bonds. The summed E-state index contributed by atoms with van der Waals surface area (Å²) in [6.45, 7) is 6.89. The second kappa shape index (κ2) is 7.94. The van der Waals surface area contributed by atoms with E-state index < -0.39 is 0 Å². The minimum Gasteiger partial charge on any atom is -0.322 e. The lowest BCUT2D eigenvalue weighted by Crippen LogP contribution is -2.51. The zero-order chi connectivity index (χ0) is 16.9. The first-order chi connectivity index (χ1) is 11.6. The highest BCUT2D eigenvalue weighted by Gasteiger charge is 2.25. The lowest BCUT2D eigenvalue weighted by atomic mass is 9.97. The van der Waals surface area contributed by atoms with Gasteiger partial charge in [-0.2, -0.15) is 0 Å². The molecule has 24 heavy (non-hydrogen) atoms. The molecule has 2 aliphatic rings. The van der Waals surface area contributed by atoms with Gasteiger partial charge in [-0.05, 0) is 56.6 Å². The van der Waals surface area contributed by atoms with E-state index in [1.54, 1.807) is 12.1 Å². The van der Waals surface area contributed by atoms with Crippen LogP contribution in [0.4, 0.5) is 14.9 Å². The zero-order valence-electron chi connectivity index (χ0n) is 14.4. The fourth-order valence-electron chi connectivity index (χ4n) is 3.66. The normalized spacial score (nSPS) is 23.2. The van der Waals surface area contributed by atoms with Gasteiger partial charge in [0.05, 0.1) is 0 Å². The second-order valence-electron chi connectivity index (χ2n) is 7.00. The van der Waals surface area contributed by atoms with Crippen LogP contribution in [-0.4, -0.2) is 73.6 Å². The third-order valence-corrected chi connectivity index (χ3v) is 4.99. The largest absolute Gasteiger partial charge is 0.322 e. The third-order valence-electron chi connectivity index (χ3n) is 4.99. The molecule has 1 N–H and O–H groups in total. The Morgan fingerprint density at radius 3 is 2.54 bits per heavy atom. The molecule has 0 spiro atoms. The van der Waals surface area contributed by atoms with E-state index in [4.69, 9.17) is 0 Å². The number of hydrogen-bond acceptors (Lipinski definition) is 3. The van der Waals surface area contributed by atoms with Gasteiger partial charge in [0.15, 0.2) is 0 Å². The number of piperidine rings is 1. The molecule has 0 aliphatic carbocycles. The Labute approximate surface area is 143 Å². The van der Waals surface area contributed by atoms with E-state index in [0.29, 0.717) is 5.69 Å². The maximum Gasteiger partial charge on any atom is 0.321 e. The van der Waals surface area contributed by atoms with Crippen molar-refractivity contribution in [1.82, 2.24) is 14.7 Å². The Morgan fingerprint density at radius 2 is 1.88 bits per heavy atom. The Morgan fingerprint density at radius 1 is 1.17 bits per heavy atom. The Kier molecular flexibility index (Phi) is 5.68. The summed E-state index contributed by atoms with van der Waals surface area (Å²) < 4.78 is 12.9. The summed E-state index contributed by atoms with van der Waals surface area (Å²) >= 11 is 0. The average Bonchev–Trinajstić information content (AvgIpc) is 2.57. The van der Waals surface area contributed by atoms with E-state index in [2.05, 4.69) is 22.2 Å². The van der Waals surface area contributed by atoms with E-state index in [9.17, 15) is 9.18 Å². The fraction of sp³-hybridized carbons (Fsp3) is 0.611. The SMILES string of the molecule is CN1CCCC(CN2CCN(C(=O)Nc3ccc(F)cc3)CC2)C1. The molecule has 2 aliphatic heterocycles. The van der Waals surface area contributed by atoms with Crippen LogP contribution in [0.3, 0.4) is 0 Å². The lowest BCUT2D eigenvalue weighted by Gasteiger charge is -2.38. The van der Waals surface area contributed by atoms with Crippen molar-refractivity contribution in [3.63, 3.8) is 0 Å². The van der Waals surface area contributed by atoms with Gasteiger partial charge in [-0.25, -0.2) is 9.18 Å². The maximum atomic E-state index is 12.9. The number of likely N-dealkylation sites (tertiary alicyclic amines) is 1. The van der Waals surface area contributed by atoms with Crippen molar-refractivity contribution >= 4 is 11.7 Å². The van der Waals surface area contributed by atoms with E-state index in [0.717, 1.165) is 38.6 Å². The Hall–Kier alpha value is -1.66. The van der Waals surface area contributed by atoms with Crippen molar-refractivity contribution in [2.75, 3.05) is 58.2 Å². The topological polar surface area (TPSA) is 38.8 Å². The van der Waals surface area contributed by atoms with E-state index >= 15 is 0 Å². The molecule has 5 nitrogen and oxygen atoms in total. The molecule has 2 fully saturated rings. The minimum absolute atomic E-state index is 0.0985. The first kappa shape index (κ1) is 17.2. The number of urea groups is 1. The van der Waals surface area contributed by atoms with Crippen LogP contribution >= 0.6 is 0 Å². The lowest BCUT2D eigenvalue weighted by molar-refractivity contribution is 0.109. The summed E-state index contributed by atoms with van der Waals surface area (Å²) in [6.07, 6.45) is 2.61. The van der Waals surface area contributed by atoms with Crippen molar-refractivity contribution in [3.8, 4) is 0 Å². The number of amides is 2. The highest BCUT2D eigenvalue weighted by molar-refractivity contribution is 5.89. The van der Waals surface area contributed by atoms with E-state index in [1.165, 1.54) is 38.1 Å². The van der Waals surface area contributed by atoms with Gasteiger partial charge in [0.25, 0.3) is 0 Å². The number of hydrogen-bond donors (Lipinski definition) is 1. The number of benzene rings is 1. The van der Waals surface area contributed by atoms with Crippen molar-refractivity contribution < 1.29 is 9.18 Å². The van der Waals surface area contributed by atoms with Crippen molar-refractivity contribution in [2.24, 2.45) is 5.92 Å². The number of rotatable bonds is 3. The summed E-state index contributed by atoms with van der Waals surface area (Å²) in [6, 6.07) is 5.79. The standard InChI is InChI=1S/C18H27FN4O/c1-21-8-2-3-15(13-21)14-22-9-11-23(12-10-22)18(24)20-17-6-4-16(19)5-7-17/h4-7,15H,2-3,8-14H2,1H3,(H,20,24). The molecule has 2 heterocycles. The number of nitrogens with one attached hydrogen (secondary N) is 1. The zero-order valence-corrected chi connectivity index (χ0v) is 14.4. The summed E-state index contributed by atoms with van der Waals surface area (Å²) in [4.78, 5) is 19.0. The van der Waals surface area contributed by atoms with Crippen molar-refractivity contribution in [1.29, 1.82) is 0 Å². The summed E-state index contributed by atoms with van der Waals surface area (Å²) in [5.41, 5.74) is 0.633. The molecule has 0 radical (unpaired) electrons. The van der Waals surface area contributed by atoms with Crippen LogP contribution in [0.5, 0.6) is 0 Å². The van der Waals surface area contributed by atoms with Crippen LogP contribution in [0.25, 0.3) is 0 Å². The van der Waals surface area contributed by atoms with Gasteiger partial charge in [0, 0.05) is 45.0 Å². The van der Waals surface area contributed by atoms with Crippen LogP contribution in [0.1, 0.15) is 12.8 Å². The molecule has 6 heteroatoms. The monoisotopic (exact) mass is 334 g/mol. The predicted molar refractivity (Wildman–Crippen MR) is 93.7 cm³/mol. The molecule has 3 rings (SSSR count). The number of nitrogens with zero attached hydrogens (tertiary/aromatic N) is 3. The molecule has 1 unspecified atom stereocenters. The number of halogens is 1. The first-order valence-corrected chi connectivity index (χ1v) is 8.82. The van der Waals surface area contributed by atoms with Gasteiger partial charge >= 0.3 is 6.03 Å². The third kappa shape index (κ3) is 4.68. The molecule has 1 aromatic rings. The van der Waals surface area contributed by atoms with Gasteiger partial charge in [-0.1, -0.05) is 0 Å². The highest BCUT2D eigenvalue weighted by Crippen LogP contribution is 2.17. The van der Waals surface area contributed by atoms with Crippen LogP contribution in [-0.2, 0) is 0 Å². The van der Waals surface area contributed by atoms with Gasteiger partial charge in [-0.15, -0.1) is 0 Å². The number of carbonyl (C=O) groups is 1. The Bertz CT molecular complexity index is 542. The molecule has 0 bridgehead atoms. The summed E-state index contributed by atoms with van der Waals surface area (Å²) in [5.74, 6) is 0.457. The van der Waals surface area contributed by atoms with Crippen molar-refractivity contribution in [2.45, 2.75) is 12.8 Å². The van der Waals surface area contributed by atoms with Gasteiger partial charge in [0.1, 0.15) is 5.82 Å². The van der Waals surface area contributed by atoms with Crippen molar-refractivity contribution in [3.05, 3.63) is 30.1 Å². The van der Waals surface area contributed by atoms with Gasteiger partial charge in [-0.3, -0.25) is 4.90 Å². The smallest absolute Gasteiger partial charge is 0.321 e. The molecule has 0 saturated carbocycles. The van der Waals surface area contributed by atoms with Gasteiger partial charge < -0.3 is 15.1 Å². The molecule has 0 aromatic heterocycles. The van der Waals surface area contributed by atoms with Crippen LogP contribution < -0.4 is 5.32 Å². The molecule has 1 atom stereocenters. The molecular weight excluding hydrogens is 307 g/mol. The minimum atomic E-state index is -0.296. The number of carbonyl (C=O) groups excluding carboxylic acids is 1. The second-order valence-corrected chi connectivity index (χ2v) is 7.00. The molecule has 1 aromatic carbocycles. The van der Waals surface area contributed by atoms with Crippen LogP contribution in [0.15, 0.2) is 24.3 Å². The summed E-state index contributed by atoms with van der Waals surface area (Å²) in [7, 11) is 2.20. The van der Waals surface area contributed by atoms with E-state index in [-0.39, 0.29) is 11.8 Å². The van der Waals surface area contributed by atoms with E-state index in [1.807, 2.05) is 4.90 Å². The number of anilines is 1. The maximum absolute atomic E-state index is 12.9.